The molecule has 0 spiro atoms. The molecular formula is C14H16N4O3. The highest BCUT2D eigenvalue weighted by Crippen LogP contribution is 2.27. The van der Waals surface area contributed by atoms with Crippen molar-refractivity contribution < 1.29 is 14.7 Å². The molecule has 1 aliphatic carbocycles. The highest BCUT2D eigenvalue weighted by Gasteiger charge is 2.35. The van der Waals surface area contributed by atoms with Gasteiger partial charge in [0.25, 0.3) is 5.91 Å². The second-order valence-electron chi connectivity index (χ2n) is 5.49. The number of carbonyl (C=O) groups is 2. The van der Waals surface area contributed by atoms with Crippen molar-refractivity contribution in [3.63, 3.8) is 0 Å². The summed E-state index contributed by atoms with van der Waals surface area (Å²) < 4.78 is 1.64. The molecule has 1 amide bonds. The first-order valence-corrected chi connectivity index (χ1v) is 6.81. The van der Waals surface area contributed by atoms with Crippen LogP contribution in [0.4, 0.5) is 0 Å². The van der Waals surface area contributed by atoms with E-state index in [1.807, 2.05) is 19.9 Å². The summed E-state index contributed by atoms with van der Waals surface area (Å²) in [6.45, 7) is 3.69. The van der Waals surface area contributed by atoms with Crippen molar-refractivity contribution in [2.45, 2.75) is 32.7 Å². The second-order valence-corrected chi connectivity index (χ2v) is 5.49. The number of nitrogens with one attached hydrogen (secondary N) is 1. The molecule has 0 aromatic carbocycles. The molecule has 0 radical (unpaired) electrons. The lowest BCUT2D eigenvalue weighted by Gasteiger charge is -2.32. The van der Waals surface area contributed by atoms with Crippen LogP contribution in [0.3, 0.4) is 0 Å². The van der Waals surface area contributed by atoms with Gasteiger partial charge in [0, 0.05) is 18.3 Å². The summed E-state index contributed by atoms with van der Waals surface area (Å²) in [4.78, 5) is 27.2. The topological polar surface area (TPSA) is 96.6 Å². The number of aromatic nitrogens is 3. The molecule has 1 fully saturated rings. The van der Waals surface area contributed by atoms with Crippen LogP contribution < -0.4 is 5.32 Å². The lowest BCUT2D eigenvalue weighted by molar-refractivity contribution is -0.145. The van der Waals surface area contributed by atoms with Gasteiger partial charge in [0.2, 0.25) is 0 Å². The van der Waals surface area contributed by atoms with E-state index in [0.717, 1.165) is 11.4 Å². The van der Waals surface area contributed by atoms with E-state index in [0.29, 0.717) is 24.1 Å². The fraction of sp³-hybridized carbons (Fsp3) is 0.429. The van der Waals surface area contributed by atoms with Gasteiger partial charge < -0.3 is 10.4 Å². The number of carboxylic acid groups (broad SMARTS) is 1. The molecule has 2 heterocycles. The van der Waals surface area contributed by atoms with Gasteiger partial charge in [-0.2, -0.15) is 5.10 Å². The lowest BCUT2D eigenvalue weighted by Crippen LogP contribution is -2.46. The zero-order valence-electron chi connectivity index (χ0n) is 11.8. The number of nitrogens with zero attached hydrogens (tertiary/aromatic N) is 3. The molecule has 0 bridgehead atoms. The van der Waals surface area contributed by atoms with Crippen LogP contribution >= 0.6 is 0 Å². The first-order valence-electron chi connectivity index (χ1n) is 6.81. The van der Waals surface area contributed by atoms with Crippen LogP contribution in [0.25, 0.3) is 5.65 Å². The van der Waals surface area contributed by atoms with E-state index in [1.165, 1.54) is 6.20 Å². The fourth-order valence-corrected chi connectivity index (χ4v) is 2.59. The Morgan fingerprint density at radius 2 is 2.10 bits per heavy atom. The number of hydrogen-bond donors (Lipinski definition) is 2. The van der Waals surface area contributed by atoms with Crippen LogP contribution in [0.1, 0.15) is 34.6 Å². The quantitative estimate of drug-likeness (QED) is 0.876. The number of aliphatic carboxylic acids is 1. The standard InChI is InChI=1S/C14H16N4O3/c1-7-3-12-15-6-11(8(2)18(12)17-7)13(19)16-10-4-9(5-10)14(20)21/h3,6,9-10H,4-5H2,1-2H3,(H,16,19)(H,20,21). The predicted octanol–water partition coefficient (Wildman–Crippen LogP) is 0.939. The summed E-state index contributed by atoms with van der Waals surface area (Å²) in [5, 5.41) is 16.0. The molecule has 2 N–H and O–H groups in total. The molecule has 7 heteroatoms. The number of rotatable bonds is 3. The molecule has 2 aromatic rings. The summed E-state index contributed by atoms with van der Waals surface area (Å²) in [5.41, 5.74) is 2.73. The minimum Gasteiger partial charge on any atom is -0.481 e. The van der Waals surface area contributed by atoms with Crippen LogP contribution in [-0.2, 0) is 4.79 Å². The summed E-state index contributed by atoms with van der Waals surface area (Å²) in [6.07, 6.45) is 2.50. The van der Waals surface area contributed by atoms with Crippen LogP contribution in [0.2, 0.25) is 0 Å². The van der Waals surface area contributed by atoms with Crippen molar-refractivity contribution in [1.29, 1.82) is 0 Å². The minimum atomic E-state index is -0.799. The first-order chi connectivity index (χ1) is 9.95. The molecule has 0 unspecified atom stereocenters. The Morgan fingerprint density at radius 1 is 1.38 bits per heavy atom. The van der Waals surface area contributed by atoms with Gasteiger partial charge in [-0.05, 0) is 26.7 Å². The molecule has 0 saturated heterocycles. The highest BCUT2D eigenvalue weighted by molar-refractivity contribution is 5.95. The van der Waals surface area contributed by atoms with Crippen molar-refractivity contribution >= 4 is 17.5 Å². The molecular weight excluding hydrogens is 272 g/mol. The summed E-state index contributed by atoms with van der Waals surface area (Å²) >= 11 is 0. The van der Waals surface area contributed by atoms with Gasteiger partial charge in [-0.1, -0.05) is 0 Å². The third-order valence-corrected chi connectivity index (χ3v) is 3.91. The summed E-state index contributed by atoms with van der Waals surface area (Å²) in [6, 6.07) is 1.77. The maximum Gasteiger partial charge on any atom is 0.306 e. The number of carboxylic acids is 1. The third kappa shape index (κ3) is 2.35. The molecule has 1 saturated carbocycles. The van der Waals surface area contributed by atoms with Gasteiger partial charge in [0.05, 0.1) is 22.9 Å². The molecule has 1 aliphatic rings. The zero-order chi connectivity index (χ0) is 15.1. The monoisotopic (exact) mass is 288 g/mol. The van der Waals surface area contributed by atoms with Gasteiger partial charge in [-0.3, -0.25) is 9.59 Å². The zero-order valence-corrected chi connectivity index (χ0v) is 11.8. The molecule has 3 rings (SSSR count). The minimum absolute atomic E-state index is 0.0759. The van der Waals surface area contributed by atoms with Crippen LogP contribution in [0.15, 0.2) is 12.3 Å². The Labute approximate surface area is 121 Å². The average molecular weight is 288 g/mol. The Bertz CT molecular complexity index is 731. The Hall–Kier alpha value is -2.44. The van der Waals surface area contributed by atoms with E-state index in [9.17, 15) is 9.59 Å². The van der Waals surface area contributed by atoms with E-state index in [-0.39, 0.29) is 17.9 Å². The van der Waals surface area contributed by atoms with Crippen LogP contribution in [0, 0.1) is 19.8 Å². The molecule has 0 atom stereocenters. The van der Waals surface area contributed by atoms with Crippen molar-refractivity contribution in [3.8, 4) is 0 Å². The normalized spacial score (nSPS) is 21.0. The Morgan fingerprint density at radius 3 is 2.76 bits per heavy atom. The van der Waals surface area contributed by atoms with E-state index < -0.39 is 5.97 Å². The fourth-order valence-electron chi connectivity index (χ4n) is 2.59. The predicted molar refractivity (Wildman–Crippen MR) is 74.1 cm³/mol. The van der Waals surface area contributed by atoms with Gasteiger partial charge in [-0.15, -0.1) is 0 Å². The van der Waals surface area contributed by atoms with E-state index in [4.69, 9.17) is 5.11 Å². The summed E-state index contributed by atoms with van der Waals surface area (Å²) in [7, 11) is 0. The van der Waals surface area contributed by atoms with E-state index >= 15 is 0 Å². The number of amides is 1. The highest BCUT2D eigenvalue weighted by atomic mass is 16.4. The van der Waals surface area contributed by atoms with Crippen LogP contribution in [0.5, 0.6) is 0 Å². The van der Waals surface area contributed by atoms with E-state index in [1.54, 1.807) is 4.52 Å². The second kappa shape index (κ2) is 4.83. The maximum atomic E-state index is 12.3. The number of fused-ring (bicyclic) bond motifs is 1. The van der Waals surface area contributed by atoms with Crippen LogP contribution in [-0.4, -0.2) is 37.6 Å². The molecule has 7 nitrogen and oxygen atoms in total. The van der Waals surface area contributed by atoms with Gasteiger partial charge in [0.1, 0.15) is 0 Å². The smallest absolute Gasteiger partial charge is 0.306 e. The van der Waals surface area contributed by atoms with E-state index in [2.05, 4.69) is 15.4 Å². The van der Waals surface area contributed by atoms with Gasteiger partial charge in [0.15, 0.2) is 5.65 Å². The average Bonchev–Trinajstić information content (AvgIpc) is 2.74. The van der Waals surface area contributed by atoms with Gasteiger partial charge >= 0.3 is 5.97 Å². The first kappa shape index (κ1) is 13.5. The molecule has 0 aliphatic heterocycles. The SMILES string of the molecule is Cc1cc2ncc(C(=O)NC3CC(C(=O)O)C3)c(C)n2n1. The van der Waals surface area contributed by atoms with Crippen molar-refractivity contribution in [1.82, 2.24) is 19.9 Å². The Kier molecular flexibility index (Phi) is 3.12. The largest absolute Gasteiger partial charge is 0.481 e. The number of aryl methyl sites for hydroxylation is 2. The third-order valence-electron chi connectivity index (χ3n) is 3.91. The van der Waals surface area contributed by atoms with Crippen molar-refractivity contribution in [3.05, 3.63) is 29.2 Å². The Balaban J connectivity index is 1.76. The molecule has 21 heavy (non-hydrogen) atoms. The van der Waals surface area contributed by atoms with Crippen molar-refractivity contribution in [2.24, 2.45) is 5.92 Å². The number of carbonyl (C=O) groups excluding carboxylic acids is 1. The maximum absolute atomic E-state index is 12.3. The molecule has 2 aromatic heterocycles. The number of hydrogen-bond acceptors (Lipinski definition) is 4. The molecule has 110 valence electrons. The lowest BCUT2D eigenvalue weighted by atomic mass is 9.80. The van der Waals surface area contributed by atoms with Crippen molar-refractivity contribution in [2.75, 3.05) is 0 Å². The summed E-state index contributed by atoms with van der Waals surface area (Å²) in [5.74, 6) is -1.37. The van der Waals surface area contributed by atoms with Gasteiger partial charge in [-0.25, -0.2) is 9.50 Å².